The number of H-pyrrole nitrogens is 1. The minimum absolute atomic E-state index is 0.320. The van der Waals surface area contributed by atoms with E-state index in [0.29, 0.717) is 21.9 Å². The Morgan fingerprint density at radius 1 is 1.30 bits per heavy atom. The quantitative estimate of drug-likeness (QED) is 0.480. The number of carboxylic acids is 1. The predicted molar refractivity (Wildman–Crippen MR) is 102 cm³/mol. The lowest BCUT2D eigenvalue weighted by Crippen LogP contribution is -2.10. The largest absolute Gasteiger partial charge is 0.497 e. The van der Waals surface area contributed by atoms with Gasteiger partial charge in [0.05, 0.1) is 13.3 Å². The molecule has 1 aromatic heterocycles. The van der Waals surface area contributed by atoms with Crippen LogP contribution >= 0.6 is 12.2 Å². The number of hydrogen-bond donors (Lipinski definition) is 2. The summed E-state index contributed by atoms with van der Waals surface area (Å²) in [6.45, 7) is -0.437. The topological polar surface area (TPSA) is 102 Å². The van der Waals surface area contributed by atoms with Crippen LogP contribution in [-0.2, 0) is 4.79 Å². The number of benzene rings is 2. The van der Waals surface area contributed by atoms with Gasteiger partial charge in [0.1, 0.15) is 11.5 Å². The average molecular weight is 384 g/mol. The van der Waals surface area contributed by atoms with Crippen molar-refractivity contribution in [3.63, 3.8) is 0 Å². The fourth-order valence-electron chi connectivity index (χ4n) is 2.30. The van der Waals surface area contributed by atoms with Gasteiger partial charge in [-0.3, -0.25) is 0 Å². The maximum absolute atomic E-state index is 10.7. The van der Waals surface area contributed by atoms with Gasteiger partial charge in [-0.1, -0.05) is 12.1 Å². The zero-order valence-electron chi connectivity index (χ0n) is 14.3. The van der Waals surface area contributed by atoms with Crippen LogP contribution in [0.25, 0.3) is 11.4 Å². The van der Waals surface area contributed by atoms with Crippen LogP contribution in [0.2, 0.25) is 0 Å². The molecule has 0 aliphatic carbocycles. The number of aromatic amines is 1. The van der Waals surface area contributed by atoms with Gasteiger partial charge >= 0.3 is 5.97 Å². The van der Waals surface area contributed by atoms with Crippen molar-refractivity contribution in [2.45, 2.75) is 0 Å². The third kappa shape index (κ3) is 4.39. The summed E-state index contributed by atoms with van der Waals surface area (Å²) in [5.41, 5.74) is 1.42. The van der Waals surface area contributed by atoms with Crippen molar-refractivity contribution in [3.05, 3.63) is 58.9 Å². The molecule has 8 nitrogen and oxygen atoms in total. The van der Waals surface area contributed by atoms with E-state index in [4.69, 9.17) is 26.8 Å². The number of carboxylic acid groups (broad SMARTS) is 1. The maximum atomic E-state index is 10.7. The molecule has 0 aliphatic rings. The molecule has 0 atom stereocenters. The third-order valence-electron chi connectivity index (χ3n) is 3.58. The smallest absolute Gasteiger partial charge is 0.341 e. The van der Waals surface area contributed by atoms with E-state index >= 15 is 0 Å². The maximum Gasteiger partial charge on any atom is 0.341 e. The first-order chi connectivity index (χ1) is 13.1. The number of nitrogens with zero attached hydrogens (tertiary/aromatic N) is 3. The fourth-order valence-corrected chi connectivity index (χ4v) is 2.48. The number of para-hydroxylation sites is 1. The number of aromatic nitrogens is 3. The summed E-state index contributed by atoms with van der Waals surface area (Å²) in [5, 5.41) is 20.1. The highest BCUT2D eigenvalue weighted by Crippen LogP contribution is 2.21. The van der Waals surface area contributed by atoms with Gasteiger partial charge in [0.2, 0.25) is 4.77 Å². The molecular weight excluding hydrogens is 368 g/mol. The number of rotatable bonds is 7. The average Bonchev–Trinajstić information content (AvgIpc) is 3.05. The zero-order valence-corrected chi connectivity index (χ0v) is 15.1. The van der Waals surface area contributed by atoms with E-state index in [2.05, 4.69) is 15.3 Å². The molecule has 138 valence electrons. The Morgan fingerprint density at radius 3 is 2.74 bits per heavy atom. The summed E-state index contributed by atoms with van der Waals surface area (Å²) in [4.78, 5) is 10.7. The van der Waals surface area contributed by atoms with Crippen LogP contribution in [0.1, 0.15) is 5.56 Å². The number of ether oxygens (including phenoxy) is 2. The van der Waals surface area contributed by atoms with Crippen molar-refractivity contribution in [1.29, 1.82) is 0 Å². The number of carbonyl (C=O) groups is 1. The number of hydrogen-bond acceptors (Lipinski definition) is 6. The van der Waals surface area contributed by atoms with Crippen LogP contribution in [-0.4, -0.2) is 45.9 Å². The van der Waals surface area contributed by atoms with E-state index in [1.54, 1.807) is 31.4 Å². The molecule has 0 unspecified atom stereocenters. The van der Waals surface area contributed by atoms with E-state index in [9.17, 15) is 4.79 Å². The van der Waals surface area contributed by atoms with Crippen LogP contribution in [0.4, 0.5) is 0 Å². The monoisotopic (exact) mass is 384 g/mol. The Bertz CT molecular complexity index is 1020. The summed E-state index contributed by atoms with van der Waals surface area (Å²) in [6.07, 6.45) is 1.54. The molecule has 0 spiro atoms. The van der Waals surface area contributed by atoms with Gasteiger partial charge in [-0.2, -0.15) is 14.9 Å². The third-order valence-corrected chi connectivity index (χ3v) is 3.85. The number of aliphatic carboxylic acids is 1. The Balaban J connectivity index is 1.91. The molecule has 0 saturated heterocycles. The molecule has 0 fully saturated rings. The van der Waals surface area contributed by atoms with Crippen molar-refractivity contribution in [2.75, 3.05) is 13.7 Å². The summed E-state index contributed by atoms with van der Waals surface area (Å²) in [5.74, 6) is 0.612. The second kappa shape index (κ2) is 8.28. The SMILES string of the molecule is COc1ccc(-c2n[nH]c(=S)n2/N=C/c2ccccc2OCC(=O)O)cc1. The van der Waals surface area contributed by atoms with Gasteiger partial charge < -0.3 is 14.6 Å². The first-order valence-electron chi connectivity index (χ1n) is 7.88. The first kappa shape index (κ1) is 18.3. The second-order valence-corrected chi connectivity index (χ2v) is 5.74. The summed E-state index contributed by atoms with van der Waals surface area (Å²) >= 11 is 5.25. The highest BCUT2D eigenvalue weighted by molar-refractivity contribution is 7.71. The van der Waals surface area contributed by atoms with Crippen LogP contribution in [0.5, 0.6) is 11.5 Å². The van der Waals surface area contributed by atoms with Crippen LogP contribution in [0, 0.1) is 4.77 Å². The molecule has 2 aromatic carbocycles. The van der Waals surface area contributed by atoms with Crippen molar-refractivity contribution >= 4 is 24.4 Å². The molecule has 0 amide bonds. The molecule has 0 radical (unpaired) electrons. The van der Waals surface area contributed by atoms with Crippen molar-refractivity contribution in [2.24, 2.45) is 5.10 Å². The van der Waals surface area contributed by atoms with Crippen molar-refractivity contribution < 1.29 is 19.4 Å². The highest BCUT2D eigenvalue weighted by atomic mass is 32.1. The van der Waals surface area contributed by atoms with Crippen molar-refractivity contribution in [3.8, 4) is 22.9 Å². The molecule has 9 heteroatoms. The molecule has 0 aliphatic heterocycles. The first-order valence-corrected chi connectivity index (χ1v) is 8.29. The van der Waals surface area contributed by atoms with E-state index < -0.39 is 12.6 Å². The lowest BCUT2D eigenvalue weighted by molar-refractivity contribution is -0.139. The summed E-state index contributed by atoms with van der Waals surface area (Å²) in [6, 6.07) is 14.3. The minimum atomic E-state index is -1.06. The molecule has 0 bridgehead atoms. The van der Waals surface area contributed by atoms with Gasteiger partial charge in [-0.15, -0.1) is 0 Å². The molecule has 2 N–H and O–H groups in total. The van der Waals surface area contributed by atoms with Gasteiger partial charge in [0.25, 0.3) is 0 Å². The number of nitrogens with one attached hydrogen (secondary N) is 1. The van der Waals surface area contributed by atoms with E-state index in [1.807, 2.05) is 24.3 Å². The molecule has 27 heavy (non-hydrogen) atoms. The minimum Gasteiger partial charge on any atom is -0.497 e. The van der Waals surface area contributed by atoms with Crippen LogP contribution in [0.15, 0.2) is 53.6 Å². The van der Waals surface area contributed by atoms with Gasteiger partial charge in [-0.05, 0) is 48.6 Å². The lowest BCUT2D eigenvalue weighted by atomic mass is 10.2. The Labute approximate surface area is 159 Å². The Morgan fingerprint density at radius 2 is 2.04 bits per heavy atom. The van der Waals surface area contributed by atoms with Crippen LogP contribution in [0.3, 0.4) is 0 Å². The fraction of sp³-hybridized carbons (Fsp3) is 0.111. The predicted octanol–water partition coefficient (Wildman–Crippen LogP) is 2.96. The van der Waals surface area contributed by atoms with E-state index in [0.717, 1.165) is 11.3 Å². The zero-order chi connectivity index (χ0) is 19.2. The molecule has 0 saturated carbocycles. The van der Waals surface area contributed by atoms with Gasteiger partial charge in [0, 0.05) is 11.1 Å². The van der Waals surface area contributed by atoms with E-state index in [1.165, 1.54) is 10.9 Å². The van der Waals surface area contributed by atoms with Crippen molar-refractivity contribution in [1.82, 2.24) is 14.9 Å². The summed E-state index contributed by atoms with van der Waals surface area (Å²) < 4.78 is 12.2. The highest BCUT2D eigenvalue weighted by Gasteiger charge is 2.09. The summed E-state index contributed by atoms with van der Waals surface area (Å²) in [7, 11) is 1.60. The molecule has 3 rings (SSSR count). The second-order valence-electron chi connectivity index (χ2n) is 5.36. The Kier molecular flexibility index (Phi) is 5.62. The normalized spacial score (nSPS) is 10.9. The van der Waals surface area contributed by atoms with Crippen LogP contribution < -0.4 is 9.47 Å². The van der Waals surface area contributed by atoms with Gasteiger partial charge in [0.15, 0.2) is 12.4 Å². The lowest BCUT2D eigenvalue weighted by Gasteiger charge is -2.06. The standard InChI is InChI=1S/C18H16N4O4S/c1-25-14-8-6-12(7-9-14)17-20-21-18(27)22(17)19-10-13-4-2-3-5-15(13)26-11-16(23)24/h2-10H,11H2,1H3,(H,21,27)(H,23,24)/b19-10+. The van der Waals surface area contributed by atoms with Gasteiger partial charge in [-0.25, -0.2) is 9.89 Å². The molecule has 3 aromatic rings. The molecule has 1 heterocycles. The molecular formula is C18H16N4O4S. The Hall–Kier alpha value is -3.46. The number of methoxy groups -OCH3 is 1. The van der Waals surface area contributed by atoms with E-state index in [-0.39, 0.29) is 0 Å².